The number of furan rings is 1. The van der Waals surface area contributed by atoms with Gasteiger partial charge in [0, 0.05) is 25.7 Å². The van der Waals surface area contributed by atoms with E-state index in [0.717, 1.165) is 4.90 Å². The van der Waals surface area contributed by atoms with Gasteiger partial charge in [0.2, 0.25) is 5.91 Å². The first kappa shape index (κ1) is 21.3. The highest BCUT2D eigenvalue weighted by Gasteiger charge is 2.34. The lowest BCUT2D eigenvalue weighted by molar-refractivity contribution is -0.124. The molecule has 30 heavy (non-hydrogen) atoms. The number of hydrogen-bond donors (Lipinski definition) is 1. The number of rotatable bonds is 7. The summed E-state index contributed by atoms with van der Waals surface area (Å²) in [7, 11) is 1.45. The zero-order chi connectivity index (χ0) is 21.7. The van der Waals surface area contributed by atoms with Crippen LogP contribution < -0.4 is 5.32 Å². The SMILES string of the molecule is CN(CC(=O)NCCN1C(=O)S/C(=C\c2ccccc2F)C1=O)C(=O)c1ccco1. The number of imide groups is 1. The number of nitrogens with one attached hydrogen (secondary N) is 1. The molecule has 2 heterocycles. The van der Waals surface area contributed by atoms with Gasteiger partial charge in [-0.2, -0.15) is 0 Å². The number of nitrogens with zero attached hydrogens (tertiary/aromatic N) is 2. The van der Waals surface area contributed by atoms with E-state index in [1.807, 2.05) is 0 Å². The Balaban J connectivity index is 1.50. The molecule has 0 unspecified atom stereocenters. The summed E-state index contributed by atoms with van der Waals surface area (Å²) in [5, 5.41) is 2.06. The number of benzene rings is 1. The van der Waals surface area contributed by atoms with E-state index in [-0.39, 0.29) is 35.9 Å². The van der Waals surface area contributed by atoms with E-state index < -0.39 is 28.8 Å². The van der Waals surface area contributed by atoms with Gasteiger partial charge < -0.3 is 14.6 Å². The molecule has 1 aromatic carbocycles. The van der Waals surface area contributed by atoms with E-state index in [9.17, 15) is 23.6 Å². The lowest BCUT2D eigenvalue weighted by atomic mass is 10.2. The molecule has 0 saturated carbocycles. The van der Waals surface area contributed by atoms with Crippen molar-refractivity contribution in [1.82, 2.24) is 15.1 Å². The molecule has 1 saturated heterocycles. The van der Waals surface area contributed by atoms with Gasteiger partial charge >= 0.3 is 0 Å². The monoisotopic (exact) mass is 431 g/mol. The largest absolute Gasteiger partial charge is 0.459 e. The second kappa shape index (κ2) is 9.40. The highest BCUT2D eigenvalue weighted by molar-refractivity contribution is 8.18. The first-order valence-electron chi connectivity index (χ1n) is 8.92. The Morgan fingerprint density at radius 3 is 2.70 bits per heavy atom. The molecule has 0 radical (unpaired) electrons. The third-order valence-corrected chi connectivity index (χ3v) is 5.09. The predicted octanol–water partition coefficient (Wildman–Crippen LogP) is 2.34. The summed E-state index contributed by atoms with van der Waals surface area (Å²) < 4.78 is 18.8. The molecule has 3 rings (SSSR count). The molecule has 1 aliphatic heterocycles. The van der Waals surface area contributed by atoms with Crippen molar-refractivity contribution in [2.24, 2.45) is 0 Å². The Hall–Kier alpha value is -3.40. The van der Waals surface area contributed by atoms with Gasteiger partial charge in [0.1, 0.15) is 5.82 Å². The fraction of sp³-hybridized carbons (Fsp3) is 0.200. The van der Waals surface area contributed by atoms with Gasteiger partial charge in [-0.05, 0) is 36.0 Å². The van der Waals surface area contributed by atoms with Gasteiger partial charge in [-0.25, -0.2) is 4.39 Å². The maximum atomic E-state index is 13.8. The van der Waals surface area contributed by atoms with Crippen LogP contribution in [0.5, 0.6) is 0 Å². The molecule has 1 fully saturated rings. The van der Waals surface area contributed by atoms with E-state index in [1.165, 1.54) is 48.6 Å². The topological polar surface area (TPSA) is 99.9 Å². The molecule has 2 aromatic rings. The molecular formula is C20H18FN3O5S. The number of amides is 4. The van der Waals surface area contributed by atoms with E-state index in [2.05, 4.69) is 5.32 Å². The molecule has 10 heteroatoms. The van der Waals surface area contributed by atoms with Crippen molar-refractivity contribution >= 4 is 40.8 Å². The number of halogens is 1. The first-order chi connectivity index (χ1) is 14.4. The Kier molecular flexibility index (Phi) is 6.68. The Morgan fingerprint density at radius 2 is 2.00 bits per heavy atom. The summed E-state index contributed by atoms with van der Waals surface area (Å²) >= 11 is 0.713. The smallest absolute Gasteiger partial charge is 0.293 e. The van der Waals surface area contributed by atoms with Crippen LogP contribution >= 0.6 is 11.8 Å². The lowest BCUT2D eigenvalue weighted by Crippen LogP contribution is -2.42. The second-order valence-electron chi connectivity index (χ2n) is 6.34. The van der Waals surface area contributed by atoms with Crippen molar-refractivity contribution < 1.29 is 28.0 Å². The third kappa shape index (κ3) is 4.95. The highest BCUT2D eigenvalue weighted by Crippen LogP contribution is 2.32. The number of thioether (sulfide) groups is 1. The predicted molar refractivity (Wildman–Crippen MR) is 108 cm³/mol. The molecule has 0 atom stereocenters. The second-order valence-corrected chi connectivity index (χ2v) is 7.34. The standard InChI is InChI=1S/C20H18FN3O5S/c1-23(18(26)15-7-4-10-29-15)12-17(25)22-8-9-24-19(27)16(30-20(24)28)11-13-5-2-3-6-14(13)21/h2-7,10-11H,8-9,12H2,1H3,(H,22,25)/b16-11-. The molecule has 156 valence electrons. The number of likely N-dealkylation sites (N-methyl/N-ethyl adjacent to an activating group) is 1. The van der Waals surface area contributed by atoms with Crippen LogP contribution in [0.25, 0.3) is 6.08 Å². The van der Waals surface area contributed by atoms with Gasteiger partial charge in [-0.15, -0.1) is 0 Å². The van der Waals surface area contributed by atoms with Crippen molar-refractivity contribution in [2.45, 2.75) is 0 Å². The summed E-state index contributed by atoms with van der Waals surface area (Å²) in [5.41, 5.74) is 0.209. The molecule has 1 N–H and O–H groups in total. The average Bonchev–Trinajstić information content (AvgIpc) is 3.33. The highest BCUT2D eigenvalue weighted by atomic mass is 32.2. The minimum atomic E-state index is -0.549. The first-order valence-corrected chi connectivity index (χ1v) is 9.74. The van der Waals surface area contributed by atoms with E-state index in [4.69, 9.17) is 4.42 Å². The fourth-order valence-electron chi connectivity index (χ4n) is 2.66. The van der Waals surface area contributed by atoms with Gasteiger partial charge in [-0.1, -0.05) is 18.2 Å². The number of carbonyl (C=O) groups is 4. The summed E-state index contributed by atoms with van der Waals surface area (Å²) in [5.74, 6) is -1.83. The zero-order valence-corrected chi connectivity index (χ0v) is 16.8. The van der Waals surface area contributed by atoms with Crippen LogP contribution in [0, 0.1) is 5.82 Å². The minimum Gasteiger partial charge on any atom is -0.459 e. The maximum absolute atomic E-state index is 13.8. The molecule has 8 nitrogen and oxygen atoms in total. The van der Waals surface area contributed by atoms with Gasteiger partial charge in [-0.3, -0.25) is 24.1 Å². The quantitative estimate of drug-likeness (QED) is 0.676. The summed E-state index contributed by atoms with van der Waals surface area (Å²) in [6.45, 7) is -0.234. The summed E-state index contributed by atoms with van der Waals surface area (Å²) in [6.07, 6.45) is 2.69. The minimum absolute atomic E-state index is 0.0205. The molecule has 1 aromatic heterocycles. The van der Waals surface area contributed by atoms with Crippen LogP contribution in [0.2, 0.25) is 0 Å². The average molecular weight is 431 g/mol. The Labute approximate surface area is 175 Å². The van der Waals surface area contributed by atoms with Gasteiger partial charge in [0.15, 0.2) is 5.76 Å². The van der Waals surface area contributed by atoms with Crippen LogP contribution in [-0.2, 0) is 9.59 Å². The van der Waals surface area contributed by atoms with Crippen molar-refractivity contribution in [3.05, 3.63) is 64.7 Å². The molecule has 4 amide bonds. The van der Waals surface area contributed by atoms with Crippen molar-refractivity contribution in [3.8, 4) is 0 Å². The van der Waals surface area contributed by atoms with Crippen LogP contribution in [0.3, 0.4) is 0 Å². The molecule has 0 aliphatic carbocycles. The molecule has 1 aliphatic rings. The van der Waals surface area contributed by atoms with Gasteiger partial charge in [0.05, 0.1) is 17.7 Å². The molecular weight excluding hydrogens is 413 g/mol. The maximum Gasteiger partial charge on any atom is 0.293 e. The molecule has 0 bridgehead atoms. The van der Waals surface area contributed by atoms with Crippen LogP contribution in [0.4, 0.5) is 9.18 Å². The summed E-state index contributed by atoms with van der Waals surface area (Å²) in [4.78, 5) is 50.9. The van der Waals surface area contributed by atoms with Crippen LogP contribution in [0.1, 0.15) is 16.1 Å². The van der Waals surface area contributed by atoms with E-state index in [1.54, 1.807) is 12.1 Å². The van der Waals surface area contributed by atoms with Gasteiger partial charge in [0.25, 0.3) is 17.1 Å². The Bertz CT molecular complexity index is 1010. The number of hydrogen-bond acceptors (Lipinski definition) is 6. The van der Waals surface area contributed by atoms with Crippen molar-refractivity contribution in [2.75, 3.05) is 26.7 Å². The van der Waals surface area contributed by atoms with Crippen LogP contribution in [0.15, 0.2) is 52.0 Å². The normalized spacial score (nSPS) is 15.0. The van der Waals surface area contributed by atoms with E-state index in [0.29, 0.717) is 11.8 Å². The lowest BCUT2D eigenvalue weighted by Gasteiger charge is -2.16. The van der Waals surface area contributed by atoms with Crippen LogP contribution in [-0.4, -0.2) is 59.4 Å². The van der Waals surface area contributed by atoms with Crippen molar-refractivity contribution in [1.29, 1.82) is 0 Å². The number of carbonyl (C=O) groups excluding carboxylic acids is 4. The third-order valence-electron chi connectivity index (χ3n) is 4.18. The van der Waals surface area contributed by atoms with Crippen molar-refractivity contribution in [3.63, 3.8) is 0 Å². The fourth-order valence-corrected chi connectivity index (χ4v) is 3.52. The zero-order valence-electron chi connectivity index (χ0n) is 16.0. The van der Waals surface area contributed by atoms with E-state index >= 15 is 0 Å². The summed E-state index contributed by atoms with van der Waals surface area (Å²) in [6, 6.07) is 8.98. The Morgan fingerprint density at radius 1 is 1.23 bits per heavy atom. The molecule has 0 spiro atoms.